The quantitative estimate of drug-likeness (QED) is 0.117. The summed E-state index contributed by atoms with van der Waals surface area (Å²) in [5, 5.41) is 14.9. The van der Waals surface area contributed by atoms with Gasteiger partial charge in [0, 0.05) is 65.8 Å². The number of halogens is 2. The number of aldehydes is 1. The molecule has 264 valence electrons. The monoisotopic (exact) mass is 729 g/mol. The molecule has 11 nitrogen and oxygen atoms in total. The number of nitrogens with one attached hydrogen (secondary N) is 1. The summed E-state index contributed by atoms with van der Waals surface area (Å²) in [6, 6.07) is 18.3. The van der Waals surface area contributed by atoms with Crippen molar-refractivity contribution >= 4 is 41.0 Å². The van der Waals surface area contributed by atoms with Gasteiger partial charge in [0.25, 0.3) is 5.56 Å². The number of methoxy groups -OCH3 is 1. The van der Waals surface area contributed by atoms with Crippen LogP contribution in [0.1, 0.15) is 49.5 Å². The minimum absolute atomic E-state index is 0.0130. The second-order valence-electron chi connectivity index (χ2n) is 13.3. The average Bonchev–Trinajstić information content (AvgIpc) is 3.52. The van der Waals surface area contributed by atoms with Gasteiger partial charge in [-0.05, 0) is 51.0 Å². The zero-order chi connectivity index (χ0) is 36.4. The highest BCUT2D eigenvalue weighted by Gasteiger charge is 2.30. The van der Waals surface area contributed by atoms with Gasteiger partial charge in [0.05, 0.1) is 34.0 Å². The summed E-state index contributed by atoms with van der Waals surface area (Å²) in [6.45, 7) is 6.20. The summed E-state index contributed by atoms with van der Waals surface area (Å²) < 4.78 is 12.9. The number of aliphatic hydroxyl groups is 1. The molecule has 13 heteroatoms. The van der Waals surface area contributed by atoms with Crippen LogP contribution in [0.5, 0.6) is 5.88 Å². The molecule has 0 spiro atoms. The average molecular weight is 731 g/mol. The molecule has 2 N–H and O–H groups in total. The molecular formula is C38H37Cl2N5O6. The van der Waals surface area contributed by atoms with Crippen LogP contribution in [0.2, 0.25) is 10.0 Å². The first-order chi connectivity index (χ1) is 24.4. The number of nitrogens with zero attached hydrogens (tertiary/aromatic N) is 4. The zero-order valence-electron chi connectivity index (χ0n) is 28.5. The number of ether oxygens (including phenoxy) is 2. The van der Waals surface area contributed by atoms with Crippen molar-refractivity contribution in [2.45, 2.75) is 58.2 Å². The summed E-state index contributed by atoms with van der Waals surface area (Å²) in [7, 11) is 1.53. The van der Waals surface area contributed by atoms with Crippen molar-refractivity contribution in [1.29, 1.82) is 0 Å². The first-order valence-corrected chi connectivity index (χ1v) is 17.1. The van der Waals surface area contributed by atoms with Gasteiger partial charge in [0.2, 0.25) is 18.2 Å². The minimum Gasteiger partial charge on any atom is -0.481 e. The van der Waals surface area contributed by atoms with Crippen molar-refractivity contribution in [3.05, 3.63) is 105 Å². The number of carbonyl (C=O) groups is 2. The molecule has 0 bridgehead atoms. The van der Waals surface area contributed by atoms with Crippen LogP contribution in [-0.4, -0.2) is 68.3 Å². The van der Waals surface area contributed by atoms with Gasteiger partial charge in [0.15, 0.2) is 6.29 Å². The normalized spacial score (nSPS) is 15.3. The van der Waals surface area contributed by atoms with Crippen molar-refractivity contribution in [3.63, 3.8) is 0 Å². The van der Waals surface area contributed by atoms with Crippen molar-refractivity contribution in [2.75, 3.05) is 13.7 Å². The highest BCUT2D eigenvalue weighted by Crippen LogP contribution is 2.42. The molecule has 1 amide bonds. The second-order valence-corrected chi connectivity index (χ2v) is 14.0. The third-order valence-electron chi connectivity index (χ3n) is 8.55. The lowest BCUT2D eigenvalue weighted by Gasteiger charge is -2.34. The van der Waals surface area contributed by atoms with Crippen LogP contribution >= 0.6 is 23.2 Å². The van der Waals surface area contributed by atoms with Crippen molar-refractivity contribution in [1.82, 2.24) is 24.6 Å². The SMILES string of the molecule is COc1nc(-c2cccc(-c3cccc(-c4ccn5c(=O)c(C=O)cnc5c4)c3Cl)c2Cl)ccc1CN(C[C@@H]1CCC(=O)N1)C(O)OC(C)(C)C. The Labute approximate surface area is 304 Å². The Hall–Kier alpha value is -4.65. The molecule has 4 heterocycles. The predicted octanol–water partition coefficient (Wildman–Crippen LogP) is 6.39. The van der Waals surface area contributed by atoms with E-state index in [2.05, 4.69) is 10.3 Å². The second kappa shape index (κ2) is 14.9. The number of benzene rings is 2. The summed E-state index contributed by atoms with van der Waals surface area (Å²) >= 11 is 14.1. The van der Waals surface area contributed by atoms with Gasteiger partial charge in [-0.15, -0.1) is 0 Å². The van der Waals surface area contributed by atoms with Gasteiger partial charge >= 0.3 is 0 Å². The Kier molecular flexibility index (Phi) is 10.6. The van der Waals surface area contributed by atoms with Gasteiger partial charge in [-0.25, -0.2) is 14.9 Å². The van der Waals surface area contributed by atoms with Crippen LogP contribution < -0.4 is 15.6 Å². The fraction of sp³-hybridized carbons (Fsp3) is 0.289. The number of hydrogen-bond acceptors (Lipinski definition) is 9. The minimum atomic E-state index is -1.23. The van der Waals surface area contributed by atoms with E-state index in [-0.39, 0.29) is 24.1 Å². The maximum absolute atomic E-state index is 12.6. The van der Waals surface area contributed by atoms with Crippen molar-refractivity contribution in [3.8, 4) is 39.4 Å². The number of aromatic nitrogens is 3. The van der Waals surface area contributed by atoms with E-state index in [4.69, 9.17) is 37.7 Å². The third kappa shape index (κ3) is 7.83. The lowest BCUT2D eigenvalue weighted by Crippen LogP contribution is -2.47. The van der Waals surface area contributed by atoms with Gasteiger partial charge in [-0.1, -0.05) is 65.7 Å². The summed E-state index contributed by atoms with van der Waals surface area (Å²) in [4.78, 5) is 46.5. The molecule has 6 rings (SSSR count). The van der Waals surface area contributed by atoms with E-state index < -0.39 is 17.6 Å². The molecule has 2 atom stereocenters. The number of carbonyl (C=O) groups excluding carboxylic acids is 2. The highest BCUT2D eigenvalue weighted by atomic mass is 35.5. The number of aliphatic hydroxyl groups excluding tert-OH is 1. The first kappa shape index (κ1) is 36.2. The van der Waals surface area contributed by atoms with Crippen LogP contribution in [0.4, 0.5) is 0 Å². The standard InChI is InChI=1S/C38H37Cl2N5O6/c1-38(2,3)51-37(49)44(20-25-12-14-32(47)42-25)19-23-11-13-30(43-35(23)50-4)29-10-6-9-28(34(29)40)27-8-5-7-26(33(27)39)22-15-16-45-31(17-22)41-18-24(21-46)36(45)48/h5-11,13,15-18,21,25,37,49H,12,14,19-20H2,1-4H3,(H,42,47)/t25-,37?/m0/s1. The van der Waals surface area contributed by atoms with E-state index >= 15 is 0 Å². The van der Waals surface area contributed by atoms with E-state index in [9.17, 15) is 19.5 Å². The number of hydrogen-bond donors (Lipinski definition) is 2. The molecule has 3 aromatic heterocycles. The van der Waals surface area contributed by atoms with Crippen LogP contribution in [0.15, 0.2) is 77.9 Å². The summed E-state index contributed by atoms with van der Waals surface area (Å²) in [6.07, 6.45) is 3.18. The molecule has 0 radical (unpaired) electrons. The Bertz CT molecular complexity index is 2180. The molecular weight excluding hydrogens is 693 g/mol. The fourth-order valence-corrected chi connectivity index (χ4v) is 6.76. The van der Waals surface area contributed by atoms with Crippen molar-refractivity contribution < 1.29 is 24.2 Å². The van der Waals surface area contributed by atoms with E-state index in [1.54, 1.807) is 23.2 Å². The van der Waals surface area contributed by atoms with E-state index in [0.29, 0.717) is 80.8 Å². The Morgan fingerprint density at radius 1 is 1.04 bits per heavy atom. The van der Waals surface area contributed by atoms with Crippen LogP contribution in [0.25, 0.3) is 39.2 Å². The van der Waals surface area contributed by atoms with Crippen LogP contribution in [0.3, 0.4) is 0 Å². The van der Waals surface area contributed by atoms with Gasteiger partial charge in [0.1, 0.15) is 5.65 Å². The Balaban J connectivity index is 1.31. The smallest absolute Gasteiger partial charge is 0.268 e. The zero-order valence-corrected chi connectivity index (χ0v) is 30.0. The number of fused-ring (bicyclic) bond motifs is 1. The molecule has 1 fully saturated rings. The number of pyridine rings is 2. The maximum atomic E-state index is 12.6. The van der Waals surface area contributed by atoms with Crippen molar-refractivity contribution in [2.24, 2.45) is 0 Å². The summed E-state index contributed by atoms with van der Waals surface area (Å²) in [5.41, 5.74) is 4.02. The first-order valence-electron chi connectivity index (χ1n) is 16.3. The van der Waals surface area contributed by atoms with E-state index in [0.717, 1.165) is 5.56 Å². The number of amides is 1. The lowest BCUT2D eigenvalue weighted by molar-refractivity contribution is -0.242. The lowest BCUT2D eigenvalue weighted by atomic mass is 9.97. The Morgan fingerprint density at radius 3 is 2.37 bits per heavy atom. The summed E-state index contributed by atoms with van der Waals surface area (Å²) in [5.74, 6) is 0.336. The number of rotatable bonds is 11. The molecule has 1 aliphatic rings. The maximum Gasteiger partial charge on any atom is 0.268 e. The van der Waals surface area contributed by atoms with Gasteiger partial charge in [-0.2, -0.15) is 0 Å². The van der Waals surface area contributed by atoms with Gasteiger partial charge < -0.3 is 19.9 Å². The molecule has 2 aromatic carbocycles. The predicted molar refractivity (Wildman–Crippen MR) is 196 cm³/mol. The molecule has 5 aromatic rings. The van der Waals surface area contributed by atoms with Crippen LogP contribution in [0, 0.1) is 0 Å². The Morgan fingerprint density at radius 2 is 1.73 bits per heavy atom. The van der Waals surface area contributed by atoms with E-state index in [1.807, 2.05) is 69.3 Å². The molecule has 0 saturated carbocycles. The molecule has 1 saturated heterocycles. The van der Waals surface area contributed by atoms with E-state index in [1.165, 1.54) is 17.7 Å². The highest BCUT2D eigenvalue weighted by molar-refractivity contribution is 6.39. The third-order valence-corrected chi connectivity index (χ3v) is 9.37. The topological polar surface area (TPSA) is 135 Å². The van der Waals surface area contributed by atoms with Gasteiger partial charge in [-0.3, -0.25) is 18.8 Å². The largest absolute Gasteiger partial charge is 0.481 e. The molecule has 1 unspecified atom stereocenters. The fourth-order valence-electron chi connectivity index (χ4n) is 6.09. The molecule has 51 heavy (non-hydrogen) atoms. The van der Waals surface area contributed by atoms with Crippen LogP contribution in [-0.2, 0) is 16.1 Å². The molecule has 0 aliphatic carbocycles. The molecule has 1 aliphatic heterocycles.